The second-order valence-electron chi connectivity index (χ2n) is 4.46. The minimum absolute atomic E-state index is 0.0756. The fourth-order valence-corrected chi connectivity index (χ4v) is 2.24. The summed E-state index contributed by atoms with van der Waals surface area (Å²) in [5.41, 5.74) is 2.42. The lowest BCUT2D eigenvalue weighted by Crippen LogP contribution is -2.17. The average molecular weight is 246 g/mol. The Bertz CT molecular complexity index is 445. The van der Waals surface area contributed by atoms with Crippen molar-refractivity contribution in [1.82, 2.24) is 0 Å². The zero-order chi connectivity index (χ0) is 13.0. The molecule has 0 bridgehead atoms. The molecular formula is C15H18O3. The van der Waals surface area contributed by atoms with Gasteiger partial charge in [0.15, 0.2) is 0 Å². The molecule has 3 heteroatoms. The van der Waals surface area contributed by atoms with Gasteiger partial charge in [0.2, 0.25) is 0 Å². The summed E-state index contributed by atoms with van der Waals surface area (Å²) in [6, 6.07) is 7.98. The van der Waals surface area contributed by atoms with Crippen LogP contribution in [0.4, 0.5) is 0 Å². The van der Waals surface area contributed by atoms with Gasteiger partial charge in [-0.2, -0.15) is 0 Å². The van der Waals surface area contributed by atoms with Gasteiger partial charge in [0.25, 0.3) is 0 Å². The molecule has 1 aliphatic carbocycles. The summed E-state index contributed by atoms with van der Waals surface area (Å²) in [5.74, 6) is 0.638. The van der Waals surface area contributed by atoms with Gasteiger partial charge in [-0.25, -0.2) is 0 Å². The molecule has 0 heterocycles. The van der Waals surface area contributed by atoms with Gasteiger partial charge in [-0.05, 0) is 48.6 Å². The van der Waals surface area contributed by atoms with E-state index in [0.29, 0.717) is 0 Å². The Balaban J connectivity index is 2.15. The van der Waals surface area contributed by atoms with Gasteiger partial charge >= 0.3 is 5.97 Å². The molecule has 1 aromatic rings. The molecule has 0 saturated carbocycles. The molecule has 0 spiro atoms. The monoisotopic (exact) mass is 246 g/mol. The maximum atomic E-state index is 11.0. The van der Waals surface area contributed by atoms with Gasteiger partial charge in [0, 0.05) is 6.92 Å². The van der Waals surface area contributed by atoms with E-state index in [4.69, 9.17) is 9.47 Å². The average Bonchev–Trinajstić information content (AvgIpc) is 2.38. The van der Waals surface area contributed by atoms with Gasteiger partial charge in [-0.3, -0.25) is 4.79 Å². The fourth-order valence-electron chi connectivity index (χ4n) is 2.24. The molecule has 2 rings (SSSR count). The van der Waals surface area contributed by atoms with Crippen molar-refractivity contribution in [1.29, 1.82) is 0 Å². The highest BCUT2D eigenvalue weighted by Gasteiger charge is 2.16. The first kappa shape index (κ1) is 12.7. The van der Waals surface area contributed by atoms with Gasteiger partial charge < -0.3 is 9.47 Å². The van der Waals surface area contributed by atoms with E-state index >= 15 is 0 Å². The van der Waals surface area contributed by atoms with Crippen LogP contribution in [0.3, 0.4) is 0 Å². The Morgan fingerprint density at radius 1 is 1.28 bits per heavy atom. The Labute approximate surface area is 107 Å². The fraction of sp³-hybridized carbons (Fsp3) is 0.400. The summed E-state index contributed by atoms with van der Waals surface area (Å²) in [6.07, 6.45) is 4.99. The highest BCUT2D eigenvalue weighted by Crippen LogP contribution is 2.29. The molecule has 0 aromatic heterocycles. The van der Waals surface area contributed by atoms with Gasteiger partial charge in [0.05, 0.1) is 7.11 Å². The van der Waals surface area contributed by atoms with Crippen LogP contribution in [0, 0.1) is 0 Å². The van der Waals surface area contributed by atoms with Crippen LogP contribution in [0.15, 0.2) is 30.3 Å². The van der Waals surface area contributed by atoms with Crippen molar-refractivity contribution in [3.63, 3.8) is 0 Å². The molecule has 0 aliphatic heterocycles. The predicted molar refractivity (Wildman–Crippen MR) is 70.4 cm³/mol. The zero-order valence-electron chi connectivity index (χ0n) is 10.8. The summed E-state index contributed by atoms with van der Waals surface area (Å²) >= 11 is 0. The first-order valence-corrected chi connectivity index (χ1v) is 6.21. The third-order valence-electron chi connectivity index (χ3n) is 3.10. The number of carbonyl (C=O) groups excluding carboxylic acids is 1. The van der Waals surface area contributed by atoms with E-state index in [0.717, 1.165) is 25.0 Å². The number of hydrogen-bond acceptors (Lipinski definition) is 3. The van der Waals surface area contributed by atoms with Crippen molar-refractivity contribution in [3.05, 3.63) is 35.9 Å². The molecule has 1 aromatic carbocycles. The molecule has 3 nitrogen and oxygen atoms in total. The lowest BCUT2D eigenvalue weighted by Gasteiger charge is -2.21. The second-order valence-corrected chi connectivity index (χ2v) is 4.46. The predicted octanol–water partition coefficient (Wildman–Crippen LogP) is 3.19. The SMILES string of the molecule is COc1ccc(C2=C[C@H](OC(C)=O)CCC2)cc1. The minimum atomic E-state index is -0.216. The molecule has 18 heavy (non-hydrogen) atoms. The Morgan fingerprint density at radius 3 is 2.61 bits per heavy atom. The van der Waals surface area contributed by atoms with E-state index in [1.165, 1.54) is 18.1 Å². The minimum Gasteiger partial charge on any atom is -0.497 e. The van der Waals surface area contributed by atoms with E-state index in [1.807, 2.05) is 24.3 Å². The molecule has 1 aliphatic rings. The maximum Gasteiger partial charge on any atom is 0.303 e. The van der Waals surface area contributed by atoms with Crippen LogP contribution in [-0.2, 0) is 9.53 Å². The lowest BCUT2D eigenvalue weighted by atomic mass is 9.92. The molecule has 0 amide bonds. The van der Waals surface area contributed by atoms with Gasteiger partial charge in [-0.1, -0.05) is 12.1 Å². The van der Waals surface area contributed by atoms with Crippen molar-refractivity contribution >= 4 is 11.5 Å². The van der Waals surface area contributed by atoms with E-state index in [9.17, 15) is 4.79 Å². The van der Waals surface area contributed by atoms with E-state index in [-0.39, 0.29) is 12.1 Å². The third-order valence-corrected chi connectivity index (χ3v) is 3.10. The standard InChI is InChI=1S/C15H18O3/c1-11(16)18-15-5-3-4-13(10-15)12-6-8-14(17-2)9-7-12/h6-10,15H,3-5H2,1-2H3/t15-/m1/s1. The summed E-state index contributed by atoms with van der Waals surface area (Å²) in [5, 5.41) is 0. The Morgan fingerprint density at radius 2 is 2.00 bits per heavy atom. The maximum absolute atomic E-state index is 11.0. The summed E-state index contributed by atoms with van der Waals surface area (Å²) < 4.78 is 10.4. The molecule has 0 unspecified atom stereocenters. The molecule has 0 radical (unpaired) electrons. The number of esters is 1. The number of allylic oxidation sites excluding steroid dienone is 1. The first-order chi connectivity index (χ1) is 8.69. The van der Waals surface area contributed by atoms with Crippen molar-refractivity contribution < 1.29 is 14.3 Å². The van der Waals surface area contributed by atoms with E-state index < -0.39 is 0 Å². The normalized spacial score (nSPS) is 19.0. The van der Waals surface area contributed by atoms with Crippen LogP contribution in [-0.4, -0.2) is 19.2 Å². The van der Waals surface area contributed by atoms with Crippen molar-refractivity contribution in [3.8, 4) is 5.75 Å². The number of methoxy groups -OCH3 is 1. The smallest absolute Gasteiger partial charge is 0.303 e. The number of rotatable bonds is 3. The van der Waals surface area contributed by atoms with Crippen molar-refractivity contribution in [2.45, 2.75) is 32.3 Å². The van der Waals surface area contributed by atoms with Crippen LogP contribution in [0.2, 0.25) is 0 Å². The molecule has 0 N–H and O–H groups in total. The van der Waals surface area contributed by atoms with Gasteiger partial charge in [0.1, 0.15) is 11.9 Å². The summed E-state index contributed by atoms with van der Waals surface area (Å²) in [6.45, 7) is 1.45. The topological polar surface area (TPSA) is 35.5 Å². The number of benzene rings is 1. The quantitative estimate of drug-likeness (QED) is 0.768. The van der Waals surface area contributed by atoms with Gasteiger partial charge in [-0.15, -0.1) is 0 Å². The summed E-state index contributed by atoms with van der Waals surface area (Å²) in [4.78, 5) is 11.0. The Hall–Kier alpha value is -1.77. The molecule has 0 saturated heterocycles. The second kappa shape index (κ2) is 5.71. The highest BCUT2D eigenvalue weighted by atomic mass is 16.5. The molecule has 96 valence electrons. The van der Waals surface area contributed by atoms with E-state index in [1.54, 1.807) is 7.11 Å². The number of ether oxygens (including phenoxy) is 2. The van der Waals surface area contributed by atoms with Crippen LogP contribution < -0.4 is 4.74 Å². The van der Waals surface area contributed by atoms with Crippen molar-refractivity contribution in [2.24, 2.45) is 0 Å². The van der Waals surface area contributed by atoms with Crippen LogP contribution in [0.25, 0.3) is 5.57 Å². The largest absolute Gasteiger partial charge is 0.497 e. The van der Waals surface area contributed by atoms with Crippen molar-refractivity contribution in [2.75, 3.05) is 7.11 Å². The lowest BCUT2D eigenvalue weighted by molar-refractivity contribution is -0.144. The van der Waals surface area contributed by atoms with Crippen LogP contribution in [0.5, 0.6) is 5.75 Å². The van der Waals surface area contributed by atoms with E-state index in [2.05, 4.69) is 6.08 Å². The first-order valence-electron chi connectivity index (χ1n) is 6.21. The molecule has 1 atom stereocenters. The zero-order valence-corrected chi connectivity index (χ0v) is 10.8. The summed E-state index contributed by atoms with van der Waals surface area (Å²) in [7, 11) is 1.66. The highest BCUT2D eigenvalue weighted by molar-refractivity contribution is 5.69. The number of hydrogen-bond donors (Lipinski definition) is 0. The van der Waals surface area contributed by atoms with Crippen LogP contribution in [0.1, 0.15) is 31.7 Å². The number of carbonyl (C=O) groups is 1. The van der Waals surface area contributed by atoms with Crippen LogP contribution >= 0.6 is 0 Å². The molecular weight excluding hydrogens is 228 g/mol. The third kappa shape index (κ3) is 3.13. The molecule has 0 fully saturated rings. The Kier molecular flexibility index (Phi) is 4.03.